The molecule has 3 aromatic rings. The van der Waals surface area contributed by atoms with Gasteiger partial charge in [0, 0.05) is 11.1 Å². The van der Waals surface area contributed by atoms with E-state index in [1.165, 1.54) is 4.90 Å². The van der Waals surface area contributed by atoms with Gasteiger partial charge in [0.25, 0.3) is 11.7 Å². The molecule has 1 N–H and O–H groups in total. The second-order valence-corrected chi connectivity index (χ2v) is 7.61. The molecule has 0 spiro atoms. The van der Waals surface area contributed by atoms with Gasteiger partial charge in [-0.05, 0) is 30.7 Å². The Morgan fingerprint density at radius 2 is 1.70 bits per heavy atom. The smallest absolute Gasteiger partial charge is 0.295 e. The highest BCUT2D eigenvalue weighted by Gasteiger charge is 2.46. The molecule has 1 aliphatic heterocycles. The predicted octanol–water partition coefficient (Wildman–Crippen LogP) is 4.72. The van der Waals surface area contributed by atoms with Crippen LogP contribution in [0.15, 0.2) is 84.4 Å². The number of hydrogen-bond donors (Lipinski definition) is 1. The molecule has 4 rings (SSSR count). The SMILES string of the molecule is CCOc1cccc(/C(O)=C2/C(=O)C(=O)N(Cc3ccccc3OC)C2c2ccccc2)c1. The van der Waals surface area contributed by atoms with Crippen molar-refractivity contribution in [2.24, 2.45) is 0 Å². The third kappa shape index (κ3) is 4.32. The lowest BCUT2D eigenvalue weighted by Crippen LogP contribution is -2.29. The summed E-state index contributed by atoms with van der Waals surface area (Å²) < 4.78 is 11.0. The van der Waals surface area contributed by atoms with Crippen LogP contribution in [-0.2, 0) is 16.1 Å². The molecule has 1 amide bonds. The molecule has 1 atom stereocenters. The van der Waals surface area contributed by atoms with Crippen LogP contribution in [0.2, 0.25) is 0 Å². The molecule has 6 heteroatoms. The fourth-order valence-corrected chi connectivity index (χ4v) is 4.10. The number of hydrogen-bond acceptors (Lipinski definition) is 5. The van der Waals surface area contributed by atoms with Gasteiger partial charge in [0.05, 0.1) is 31.9 Å². The number of rotatable bonds is 7. The molecule has 0 aromatic heterocycles. The molecule has 168 valence electrons. The number of aliphatic hydroxyl groups excluding tert-OH is 1. The summed E-state index contributed by atoms with van der Waals surface area (Å²) in [5.41, 5.74) is 1.96. The molecular weight excluding hydrogens is 418 g/mol. The first-order valence-electron chi connectivity index (χ1n) is 10.7. The molecule has 6 nitrogen and oxygen atoms in total. The minimum absolute atomic E-state index is 0.0507. The van der Waals surface area contributed by atoms with Crippen LogP contribution in [0.25, 0.3) is 5.76 Å². The molecule has 0 radical (unpaired) electrons. The highest BCUT2D eigenvalue weighted by atomic mass is 16.5. The Hall–Kier alpha value is -4.06. The van der Waals surface area contributed by atoms with Crippen LogP contribution < -0.4 is 9.47 Å². The van der Waals surface area contributed by atoms with Gasteiger partial charge in [0.2, 0.25) is 0 Å². The zero-order valence-electron chi connectivity index (χ0n) is 18.5. The normalized spacial score (nSPS) is 17.3. The summed E-state index contributed by atoms with van der Waals surface area (Å²) in [5, 5.41) is 11.2. The van der Waals surface area contributed by atoms with Crippen LogP contribution in [0.5, 0.6) is 11.5 Å². The molecule has 0 bridgehead atoms. The van der Waals surface area contributed by atoms with Crippen molar-refractivity contribution in [3.63, 3.8) is 0 Å². The number of methoxy groups -OCH3 is 1. The van der Waals surface area contributed by atoms with Gasteiger partial charge < -0.3 is 19.5 Å². The van der Waals surface area contributed by atoms with Crippen molar-refractivity contribution in [1.82, 2.24) is 4.90 Å². The first-order valence-corrected chi connectivity index (χ1v) is 10.7. The van der Waals surface area contributed by atoms with Gasteiger partial charge in [-0.25, -0.2) is 0 Å². The number of benzene rings is 3. The van der Waals surface area contributed by atoms with Crippen molar-refractivity contribution in [1.29, 1.82) is 0 Å². The van der Waals surface area contributed by atoms with E-state index in [1.54, 1.807) is 31.4 Å². The van der Waals surface area contributed by atoms with Crippen molar-refractivity contribution >= 4 is 17.4 Å². The van der Waals surface area contributed by atoms with E-state index in [9.17, 15) is 14.7 Å². The minimum Gasteiger partial charge on any atom is -0.507 e. The van der Waals surface area contributed by atoms with Crippen LogP contribution in [0.4, 0.5) is 0 Å². The van der Waals surface area contributed by atoms with E-state index in [2.05, 4.69) is 0 Å². The predicted molar refractivity (Wildman–Crippen MR) is 125 cm³/mol. The first kappa shape index (κ1) is 22.1. The number of carbonyl (C=O) groups is 2. The number of aliphatic hydroxyl groups is 1. The van der Waals surface area contributed by atoms with Crippen LogP contribution >= 0.6 is 0 Å². The average Bonchev–Trinajstić information content (AvgIpc) is 3.10. The van der Waals surface area contributed by atoms with Crippen LogP contribution in [0.3, 0.4) is 0 Å². The fourth-order valence-electron chi connectivity index (χ4n) is 4.10. The summed E-state index contributed by atoms with van der Waals surface area (Å²) >= 11 is 0. The monoisotopic (exact) mass is 443 g/mol. The Balaban J connectivity index is 1.84. The van der Waals surface area contributed by atoms with Crippen molar-refractivity contribution in [3.8, 4) is 11.5 Å². The summed E-state index contributed by atoms with van der Waals surface area (Å²) in [6, 6.07) is 22.7. The molecule has 0 aliphatic carbocycles. The zero-order valence-corrected chi connectivity index (χ0v) is 18.5. The zero-order chi connectivity index (χ0) is 23.4. The summed E-state index contributed by atoms with van der Waals surface area (Å²) in [5.74, 6) is -0.432. The van der Waals surface area contributed by atoms with E-state index in [4.69, 9.17) is 9.47 Å². The number of Topliss-reactive ketones (excluding diaryl/α,β-unsaturated/α-hetero) is 1. The number of ether oxygens (including phenoxy) is 2. The lowest BCUT2D eigenvalue weighted by molar-refractivity contribution is -0.140. The van der Waals surface area contributed by atoms with E-state index in [1.807, 2.05) is 61.5 Å². The standard InChI is InChI=1S/C27H25NO5/c1-3-33-21-14-9-13-19(16-21)25(29)23-24(18-10-5-4-6-11-18)28(27(31)26(23)30)17-20-12-7-8-15-22(20)32-2/h4-16,24,29H,3,17H2,1-2H3/b25-23-. The molecule has 1 saturated heterocycles. The molecule has 3 aromatic carbocycles. The third-order valence-electron chi connectivity index (χ3n) is 5.61. The van der Waals surface area contributed by atoms with Gasteiger partial charge in [-0.3, -0.25) is 9.59 Å². The number of amides is 1. The highest BCUT2D eigenvalue weighted by molar-refractivity contribution is 6.46. The van der Waals surface area contributed by atoms with E-state index < -0.39 is 17.7 Å². The van der Waals surface area contributed by atoms with Crippen molar-refractivity contribution in [2.75, 3.05) is 13.7 Å². The van der Waals surface area contributed by atoms with E-state index in [-0.39, 0.29) is 17.9 Å². The second kappa shape index (κ2) is 9.61. The van der Waals surface area contributed by atoms with Crippen molar-refractivity contribution in [2.45, 2.75) is 19.5 Å². The molecule has 1 unspecified atom stereocenters. The molecule has 1 heterocycles. The Morgan fingerprint density at radius 1 is 0.970 bits per heavy atom. The maximum Gasteiger partial charge on any atom is 0.295 e. The van der Waals surface area contributed by atoms with Gasteiger partial charge in [-0.2, -0.15) is 0 Å². The highest BCUT2D eigenvalue weighted by Crippen LogP contribution is 2.41. The minimum atomic E-state index is -0.744. The molecule has 1 fully saturated rings. The summed E-state index contributed by atoms with van der Waals surface area (Å²) in [6.07, 6.45) is 0. The van der Waals surface area contributed by atoms with Crippen molar-refractivity contribution < 1.29 is 24.2 Å². The second-order valence-electron chi connectivity index (χ2n) is 7.61. The fraction of sp³-hybridized carbons (Fsp3) is 0.185. The van der Waals surface area contributed by atoms with E-state index in [0.29, 0.717) is 23.7 Å². The van der Waals surface area contributed by atoms with Crippen LogP contribution in [-0.4, -0.2) is 35.4 Å². The molecule has 0 saturated carbocycles. The number of nitrogens with zero attached hydrogens (tertiary/aromatic N) is 1. The van der Waals surface area contributed by atoms with Crippen LogP contribution in [0.1, 0.15) is 29.7 Å². The summed E-state index contributed by atoms with van der Waals surface area (Å²) in [6.45, 7) is 2.49. The molecule has 1 aliphatic rings. The maximum absolute atomic E-state index is 13.2. The van der Waals surface area contributed by atoms with E-state index in [0.717, 1.165) is 11.1 Å². The quantitative estimate of drug-likeness (QED) is 0.325. The lowest BCUT2D eigenvalue weighted by Gasteiger charge is -2.26. The third-order valence-corrected chi connectivity index (χ3v) is 5.61. The van der Waals surface area contributed by atoms with Gasteiger partial charge in [-0.1, -0.05) is 60.7 Å². The molecular formula is C27H25NO5. The lowest BCUT2D eigenvalue weighted by atomic mass is 9.95. The number of para-hydroxylation sites is 1. The maximum atomic E-state index is 13.2. The van der Waals surface area contributed by atoms with Gasteiger partial charge in [-0.15, -0.1) is 0 Å². The summed E-state index contributed by atoms with van der Waals surface area (Å²) in [7, 11) is 1.56. The van der Waals surface area contributed by atoms with Crippen molar-refractivity contribution in [3.05, 3.63) is 101 Å². The number of ketones is 1. The Bertz CT molecular complexity index is 1200. The number of likely N-dealkylation sites (tertiary alicyclic amines) is 1. The Labute approximate surface area is 192 Å². The van der Waals surface area contributed by atoms with Gasteiger partial charge in [0.15, 0.2) is 0 Å². The average molecular weight is 443 g/mol. The van der Waals surface area contributed by atoms with Gasteiger partial charge in [0.1, 0.15) is 17.3 Å². The Morgan fingerprint density at radius 3 is 2.42 bits per heavy atom. The van der Waals surface area contributed by atoms with Crippen LogP contribution in [0, 0.1) is 0 Å². The topological polar surface area (TPSA) is 76.1 Å². The van der Waals surface area contributed by atoms with E-state index >= 15 is 0 Å². The first-order chi connectivity index (χ1) is 16.0. The van der Waals surface area contributed by atoms with Gasteiger partial charge >= 0.3 is 0 Å². The number of carbonyl (C=O) groups excluding carboxylic acids is 2. The largest absolute Gasteiger partial charge is 0.507 e. The Kier molecular flexibility index (Phi) is 6.45. The molecule has 33 heavy (non-hydrogen) atoms. The summed E-state index contributed by atoms with van der Waals surface area (Å²) in [4.78, 5) is 27.9.